The lowest BCUT2D eigenvalue weighted by Gasteiger charge is -2.57. The average Bonchev–Trinajstić information content (AvgIpc) is 2.42. The van der Waals surface area contributed by atoms with Gasteiger partial charge in [-0.15, -0.1) is 0 Å². The Balaban J connectivity index is 2.19. The molecule has 1 heterocycles. The first kappa shape index (κ1) is 14.8. The first-order chi connectivity index (χ1) is 9.37. The zero-order chi connectivity index (χ0) is 14.9. The van der Waals surface area contributed by atoms with E-state index in [1.807, 2.05) is 51.4 Å². The molecule has 0 bridgehead atoms. The van der Waals surface area contributed by atoms with Crippen LogP contribution < -0.4 is 10.3 Å². The van der Waals surface area contributed by atoms with Crippen LogP contribution in [-0.2, 0) is 4.79 Å². The fourth-order valence-corrected chi connectivity index (χ4v) is 2.38. The molecule has 0 spiro atoms. The molecule has 0 aliphatic carbocycles. The van der Waals surface area contributed by atoms with Gasteiger partial charge in [0.15, 0.2) is 0 Å². The normalized spacial score (nSPS) is 26.1. The third-order valence-electron chi connectivity index (χ3n) is 3.92. The van der Waals surface area contributed by atoms with Gasteiger partial charge < -0.3 is 4.74 Å². The van der Waals surface area contributed by atoms with Crippen LogP contribution in [0.2, 0.25) is 0 Å². The molecule has 1 saturated heterocycles. The van der Waals surface area contributed by atoms with Crippen LogP contribution in [0.5, 0.6) is 5.75 Å². The first-order valence-corrected chi connectivity index (χ1v) is 6.86. The Hall–Kier alpha value is -1.59. The van der Waals surface area contributed by atoms with Crippen LogP contribution in [0.15, 0.2) is 30.3 Å². The second-order valence-electron chi connectivity index (χ2n) is 5.86. The molecular formula is C15H23N3O2. The minimum Gasteiger partial charge on any atom is -0.478 e. The van der Waals surface area contributed by atoms with Gasteiger partial charge in [0, 0.05) is 14.1 Å². The van der Waals surface area contributed by atoms with Crippen molar-refractivity contribution >= 4 is 5.91 Å². The fraction of sp³-hybridized carbons (Fsp3) is 0.533. The van der Waals surface area contributed by atoms with E-state index < -0.39 is 6.10 Å². The third kappa shape index (κ3) is 2.39. The van der Waals surface area contributed by atoms with E-state index in [4.69, 9.17) is 4.74 Å². The molecule has 5 nitrogen and oxygen atoms in total. The number of hydrogen-bond donors (Lipinski definition) is 1. The number of nitrogens with one attached hydrogen (secondary N) is 1. The van der Waals surface area contributed by atoms with Gasteiger partial charge in [-0.05, 0) is 25.0 Å². The molecule has 2 rings (SSSR count). The maximum atomic E-state index is 12.3. The van der Waals surface area contributed by atoms with Crippen LogP contribution in [0.4, 0.5) is 0 Å². The van der Waals surface area contributed by atoms with E-state index in [2.05, 4.69) is 19.4 Å². The van der Waals surface area contributed by atoms with Gasteiger partial charge in [-0.25, -0.2) is 5.01 Å². The molecule has 0 aromatic heterocycles. The van der Waals surface area contributed by atoms with E-state index in [1.54, 1.807) is 10.0 Å². The van der Waals surface area contributed by atoms with Crippen molar-refractivity contribution in [3.63, 3.8) is 0 Å². The Morgan fingerprint density at radius 2 is 1.90 bits per heavy atom. The van der Waals surface area contributed by atoms with E-state index in [1.165, 1.54) is 0 Å². The number of carbonyl (C=O) groups excluding carboxylic acids is 1. The van der Waals surface area contributed by atoms with E-state index >= 15 is 0 Å². The molecule has 1 aliphatic heterocycles. The Morgan fingerprint density at radius 3 is 2.40 bits per heavy atom. The molecular weight excluding hydrogens is 254 g/mol. The first-order valence-electron chi connectivity index (χ1n) is 6.86. The Kier molecular flexibility index (Phi) is 4.01. The predicted octanol–water partition coefficient (Wildman–Crippen LogP) is 1.67. The molecule has 110 valence electrons. The zero-order valence-corrected chi connectivity index (χ0v) is 12.8. The highest BCUT2D eigenvalue weighted by Crippen LogP contribution is 2.39. The number of β-lactam (4-membered cyclic amide) rings is 1. The van der Waals surface area contributed by atoms with Crippen LogP contribution in [0.3, 0.4) is 0 Å². The van der Waals surface area contributed by atoms with Crippen LogP contribution >= 0.6 is 0 Å². The third-order valence-corrected chi connectivity index (χ3v) is 3.92. The molecule has 1 aromatic carbocycles. The second-order valence-corrected chi connectivity index (χ2v) is 5.86. The maximum Gasteiger partial charge on any atom is 0.282 e. The van der Waals surface area contributed by atoms with Gasteiger partial charge in [-0.1, -0.05) is 32.0 Å². The molecule has 1 aromatic rings. The second kappa shape index (κ2) is 5.42. The van der Waals surface area contributed by atoms with Crippen molar-refractivity contribution in [1.82, 2.24) is 15.6 Å². The fourth-order valence-electron chi connectivity index (χ4n) is 2.38. The summed E-state index contributed by atoms with van der Waals surface area (Å²) in [7, 11) is 3.72. The predicted molar refractivity (Wildman–Crippen MR) is 77.8 cm³/mol. The number of hydrazine groups is 2. The van der Waals surface area contributed by atoms with Gasteiger partial charge in [0.05, 0.1) is 0 Å². The number of rotatable bonds is 5. The molecule has 1 N–H and O–H groups in total. The van der Waals surface area contributed by atoms with Crippen LogP contribution in [0.1, 0.15) is 20.8 Å². The number of para-hydroxylation sites is 1. The summed E-state index contributed by atoms with van der Waals surface area (Å²) in [5, 5.41) is 3.42. The van der Waals surface area contributed by atoms with Crippen molar-refractivity contribution in [3.8, 4) is 5.75 Å². The lowest BCUT2D eigenvalue weighted by molar-refractivity contribution is -0.207. The number of carbonyl (C=O) groups is 1. The molecule has 1 fully saturated rings. The summed E-state index contributed by atoms with van der Waals surface area (Å²) in [6, 6.07) is 9.48. The van der Waals surface area contributed by atoms with Gasteiger partial charge in [0.1, 0.15) is 11.3 Å². The van der Waals surface area contributed by atoms with Gasteiger partial charge >= 0.3 is 0 Å². The summed E-state index contributed by atoms with van der Waals surface area (Å²) in [6.07, 6.45) is -0.461. The quantitative estimate of drug-likeness (QED) is 0.657. The largest absolute Gasteiger partial charge is 0.478 e. The summed E-state index contributed by atoms with van der Waals surface area (Å²) in [5.41, 5.74) is 2.68. The number of hydrogen-bond acceptors (Lipinski definition) is 4. The van der Waals surface area contributed by atoms with Gasteiger partial charge in [-0.3, -0.25) is 9.80 Å². The van der Waals surface area contributed by atoms with Crippen molar-refractivity contribution in [1.29, 1.82) is 0 Å². The van der Waals surface area contributed by atoms with E-state index in [9.17, 15) is 4.79 Å². The van der Waals surface area contributed by atoms with Crippen molar-refractivity contribution in [2.45, 2.75) is 32.4 Å². The van der Waals surface area contributed by atoms with Gasteiger partial charge in [0.2, 0.25) is 6.10 Å². The van der Waals surface area contributed by atoms with Crippen molar-refractivity contribution in [2.24, 2.45) is 5.92 Å². The van der Waals surface area contributed by atoms with E-state index in [0.29, 0.717) is 0 Å². The van der Waals surface area contributed by atoms with Crippen LogP contribution in [-0.4, -0.2) is 41.7 Å². The molecule has 0 saturated carbocycles. The number of amides is 1. The molecule has 2 atom stereocenters. The van der Waals surface area contributed by atoms with Gasteiger partial charge in [-0.2, -0.15) is 5.53 Å². The number of ether oxygens (including phenoxy) is 1. The standard InChI is InChI=1S/C15H23N3O2/c1-11(2)15(3)13(14(19)18(15)16-17(4)5)20-12-9-7-6-8-10-12/h6-11,13,16H,1-5H3/t13-,15-/m1/s1. The lowest BCUT2D eigenvalue weighted by atomic mass is 9.75. The molecule has 20 heavy (non-hydrogen) atoms. The highest BCUT2D eigenvalue weighted by atomic mass is 16.5. The van der Waals surface area contributed by atoms with Crippen molar-refractivity contribution in [3.05, 3.63) is 30.3 Å². The molecule has 0 unspecified atom stereocenters. The molecule has 1 amide bonds. The Morgan fingerprint density at radius 1 is 1.30 bits per heavy atom. The highest BCUT2D eigenvalue weighted by Gasteiger charge is 2.61. The maximum absolute atomic E-state index is 12.3. The SMILES string of the molecule is CC(C)[C@]1(C)[C@H](Oc2ccccc2)C(=O)N1NN(C)C. The van der Waals surface area contributed by atoms with Crippen molar-refractivity contribution < 1.29 is 9.53 Å². The summed E-state index contributed by atoms with van der Waals surface area (Å²) in [4.78, 5) is 12.3. The molecule has 5 heteroatoms. The van der Waals surface area contributed by atoms with E-state index in [0.717, 1.165) is 5.75 Å². The highest BCUT2D eigenvalue weighted by molar-refractivity contribution is 5.90. The van der Waals surface area contributed by atoms with Crippen LogP contribution in [0, 0.1) is 5.92 Å². The van der Waals surface area contributed by atoms with Gasteiger partial charge in [0.25, 0.3) is 5.91 Å². The number of nitrogens with zero attached hydrogens (tertiary/aromatic N) is 2. The monoisotopic (exact) mass is 277 g/mol. The molecule has 0 radical (unpaired) electrons. The minimum absolute atomic E-state index is 0.0428. The van der Waals surface area contributed by atoms with Crippen LogP contribution in [0.25, 0.3) is 0 Å². The zero-order valence-electron chi connectivity index (χ0n) is 12.8. The lowest BCUT2D eigenvalue weighted by Crippen LogP contribution is -2.81. The summed E-state index contributed by atoms with van der Waals surface area (Å²) in [5.74, 6) is 0.947. The topological polar surface area (TPSA) is 44.8 Å². The summed E-state index contributed by atoms with van der Waals surface area (Å²) < 4.78 is 5.90. The molecule has 1 aliphatic rings. The summed E-state index contributed by atoms with van der Waals surface area (Å²) in [6.45, 7) is 6.24. The smallest absolute Gasteiger partial charge is 0.282 e. The Labute approximate surface area is 120 Å². The van der Waals surface area contributed by atoms with Crippen molar-refractivity contribution in [2.75, 3.05) is 14.1 Å². The average molecular weight is 277 g/mol. The minimum atomic E-state index is -0.461. The summed E-state index contributed by atoms with van der Waals surface area (Å²) >= 11 is 0. The van der Waals surface area contributed by atoms with E-state index in [-0.39, 0.29) is 17.4 Å². The number of benzene rings is 1. The Bertz CT molecular complexity index is 475.